The minimum absolute atomic E-state index is 0.0131. The van der Waals surface area contributed by atoms with Crippen molar-refractivity contribution in [2.75, 3.05) is 0 Å². The first kappa shape index (κ1) is 24.8. The van der Waals surface area contributed by atoms with E-state index in [1.54, 1.807) is 18.2 Å². The van der Waals surface area contributed by atoms with Gasteiger partial charge in [0.15, 0.2) is 5.82 Å². The fourth-order valence-corrected chi connectivity index (χ4v) is 4.00. The number of benzene rings is 1. The molecule has 0 amide bonds. The summed E-state index contributed by atoms with van der Waals surface area (Å²) < 4.78 is 53.6. The van der Waals surface area contributed by atoms with Gasteiger partial charge in [-0.05, 0) is 29.7 Å². The smallest absolute Gasteiger partial charge is 0.278 e. The number of rotatable bonds is 9. The van der Waals surface area contributed by atoms with Gasteiger partial charge in [0.1, 0.15) is 16.8 Å². The van der Waals surface area contributed by atoms with Gasteiger partial charge in [-0.3, -0.25) is 13.9 Å². The van der Waals surface area contributed by atoms with E-state index in [1.807, 2.05) is 0 Å². The molecule has 9 nitrogen and oxygen atoms in total. The summed E-state index contributed by atoms with van der Waals surface area (Å²) in [6, 6.07) is 6.23. The predicted octanol–water partition coefficient (Wildman–Crippen LogP) is 2.98. The van der Waals surface area contributed by atoms with E-state index in [0.717, 1.165) is 9.13 Å². The Kier molecular flexibility index (Phi) is 7.15. The molecule has 14 heteroatoms. The molecule has 0 atom stereocenters. The van der Waals surface area contributed by atoms with Crippen molar-refractivity contribution in [1.82, 2.24) is 29.3 Å². The standard InChI is InChI=1S/C21H20ClF4N7O2/c22-16-12-14-18(27-16)31(8-3-7-21(24,25)26)20(35)32(19(14)34)9-4-10-33-29-17(28-30-33)11-13-5-1-2-6-15(13)23/h1-2,5-6H,3-4,7-12H2. The van der Waals surface area contributed by atoms with Gasteiger partial charge in [-0.25, -0.2) is 14.2 Å². The van der Waals surface area contributed by atoms with Crippen LogP contribution in [0.5, 0.6) is 0 Å². The third-order valence-corrected chi connectivity index (χ3v) is 5.64. The summed E-state index contributed by atoms with van der Waals surface area (Å²) in [5.41, 5.74) is -0.738. The molecule has 0 N–H and O–H groups in total. The van der Waals surface area contributed by atoms with Crippen molar-refractivity contribution in [3.8, 4) is 0 Å². The van der Waals surface area contributed by atoms with E-state index in [9.17, 15) is 27.2 Å². The Hall–Kier alpha value is -3.35. The summed E-state index contributed by atoms with van der Waals surface area (Å²) in [4.78, 5) is 31.1. The molecule has 0 unspecified atom stereocenters. The Morgan fingerprint density at radius 1 is 1.03 bits per heavy atom. The molecule has 0 fully saturated rings. The van der Waals surface area contributed by atoms with Gasteiger partial charge in [0.05, 0.1) is 12.1 Å². The molecule has 0 saturated heterocycles. The first-order valence-corrected chi connectivity index (χ1v) is 11.2. The number of aryl methyl sites for hydroxylation is 1. The second-order valence-corrected chi connectivity index (χ2v) is 8.44. The van der Waals surface area contributed by atoms with E-state index < -0.39 is 23.8 Å². The maximum atomic E-state index is 13.8. The second-order valence-electron chi connectivity index (χ2n) is 8.00. The third-order valence-electron chi connectivity index (χ3n) is 5.42. The zero-order valence-electron chi connectivity index (χ0n) is 18.3. The van der Waals surface area contributed by atoms with E-state index in [0.29, 0.717) is 11.4 Å². The van der Waals surface area contributed by atoms with Gasteiger partial charge >= 0.3 is 11.9 Å². The number of aliphatic imine (C=N–C) groups is 1. The number of nitrogens with zero attached hydrogens (tertiary/aromatic N) is 7. The highest BCUT2D eigenvalue weighted by Gasteiger charge is 2.28. The maximum Gasteiger partial charge on any atom is 0.389 e. The van der Waals surface area contributed by atoms with E-state index >= 15 is 0 Å². The highest BCUT2D eigenvalue weighted by Crippen LogP contribution is 2.26. The van der Waals surface area contributed by atoms with E-state index in [-0.39, 0.29) is 67.7 Å². The van der Waals surface area contributed by atoms with Crippen molar-refractivity contribution in [2.45, 2.75) is 57.9 Å². The summed E-state index contributed by atoms with van der Waals surface area (Å²) in [7, 11) is 0. The Labute approximate surface area is 200 Å². The summed E-state index contributed by atoms with van der Waals surface area (Å²) in [5.74, 6) is -0.0572. The lowest BCUT2D eigenvalue weighted by molar-refractivity contribution is -0.135. The van der Waals surface area contributed by atoms with E-state index in [4.69, 9.17) is 11.6 Å². The van der Waals surface area contributed by atoms with Gasteiger partial charge in [-0.2, -0.15) is 18.0 Å². The van der Waals surface area contributed by atoms with Crippen molar-refractivity contribution in [3.05, 3.63) is 67.9 Å². The van der Waals surface area contributed by atoms with Crippen LogP contribution in [-0.2, 0) is 32.5 Å². The average Bonchev–Trinajstić information content (AvgIpc) is 3.40. The van der Waals surface area contributed by atoms with Crippen LogP contribution in [0.1, 0.15) is 36.2 Å². The molecule has 186 valence electrons. The molecular weight excluding hydrogens is 494 g/mol. The molecular formula is C21H20ClF4N7O2. The highest BCUT2D eigenvalue weighted by atomic mass is 35.5. The number of fused-ring (bicyclic) bond motifs is 1. The molecule has 0 radical (unpaired) electrons. The first-order valence-electron chi connectivity index (χ1n) is 10.8. The van der Waals surface area contributed by atoms with Crippen LogP contribution in [0.4, 0.5) is 23.4 Å². The lowest BCUT2D eigenvalue weighted by atomic mass is 10.1. The average molecular weight is 514 g/mol. The minimum atomic E-state index is -4.36. The molecule has 0 spiro atoms. The van der Waals surface area contributed by atoms with Crippen LogP contribution < -0.4 is 11.2 Å². The van der Waals surface area contributed by atoms with E-state index in [1.165, 1.54) is 10.9 Å². The molecule has 1 aliphatic heterocycles. The SMILES string of the molecule is O=c1c2c(n(CCCC(F)(F)F)c(=O)n1CCCn1nnc(Cc3ccccc3F)n1)N=C(Cl)C2. The fraction of sp³-hybridized carbons (Fsp3) is 0.429. The Morgan fingerprint density at radius 3 is 2.51 bits per heavy atom. The van der Waals surface area contributed by atoms with Crippen LogP contribution >= 0.6 is 11.6 Å². The second kappa shape index (κ2) is 10.1. The van der Waals surface area contributed by atoms with Crippen LogP contribution in [-0.4, -0.2) is 40.7 Å². The molecule has 35 heavy (non-hydrogen) atoms. The highest BCUT2D eigenvalue weighted by molar-refractivity contribution is 6.66. The lowest BCUT2D eigenvalue weighted by Crippen LogP contribution is -2.41. The largest absolute Gasteiger partial charge is 0.389 e. The molecule has 0 aliphatic carbocycles. The van der Waals surface area contributed by atoms with Crippen molar-refractivity contribution in [3.63, 3.8) is 0 Å². The molecule has 1 aliphatic rings. The molecule has 0 saturated carbocycles. The number of tetrazole rings is 1. The number of halogens is 5. The Bertz CT molecular complexity index is 1380. The maximum absolute atomic E-state index is 13.8. The lowest BCUT2D eigenvalue weighted by Gasteiger charge is -2.14. The van der Waals surface area contributed by atoms with Gasteiger partial charge in [0.25, 0.3) is 5.56 Å². The summed E-state index contributed by atoms with van der Waals surface area (Å²) in [5, 5.41) is 12.1. The number of aromatic nitrogens is 6. The molecule has 2 aromatic heterocycles. The normalized spacial score (nSPS) is 13.2. The number of hydrogen-bond acceptors (Lipinski definition) is 6. The molecule has 4 rings (SSSR count). The van der Waals surface area contributed by atoms with Gasteiger partial charge in [0, 0.05) is 32.4 Å². The van der Waals surface area contributed by atoms with Gasteiger partial charge in [0.2, 0.25) is 0 Å². The quantitative estimate of drug-likeness (QED) is 0.410. The van der Waals surface area contributed by atoms with Crippen LogP contribution in [0.25, 0.3) is 0 Å². The van der Waals surface area contributed by atoms with Crippen molar-refractivity contribution >= 4 is 22.6 Å². The van der Waals surface area contributed by atoms with Crippen LogP contribution in [0.15, 0.2) is 38.8 Å². The molecule has 0 bridgehead atoms. The fourth-order valence-electron chi connectivity index (χ4n) is 3.79. The predicted molar refractivity (Wildman–Crippen MR) is 119 cm³/mol. The third kappa shape index (κ3) is 5.84. The van der Waals surface area contributed by atoms with E-state index in [2.05, 4.69) is 20.4 Å². The van der Waals surface area contributed by atoms with Crippen molar-refractivity contribution < 1.29 is 17.6 Å². The molecule has 3 heterocycles. The zero-order valence-corrected chi connectivity index (χ0v) is 19.1. The zero-order chi connectivity index (χ0) is 25.2. The van der Waals surface area contributed by atoms with Gasteiger partial charge in [-0.15, -0.1) is 10.2 Å². The van der Waals surface area contributed by atoms with Gasteiger partial charge < -0.3 is 0 Å². The van der Waals surface area contributed by atoms with Crippen LogP contribution in [0.2, 0.25) is 0 Å². The summed E-state index contributed by atoms with van der Waals surface area (Å²) >= 11 is 5.94. The first-order chi connectivity index (χ1) is 16.6. The van der Waals surface area contributed by atoms with Crippen LogP contribution in [0, 0.1) is 5.82 Å². The Morgan fingerprint density at radius 2 is 1.77 bits per heavy atom. The van der Waals surface area contributed by atoms with Gasteiger partial charge in [-0.1, -0.05) is 29.8 Å². The summed E-state index contributed by atoms with van der Waals surface area (Å²) in [6.07, 6.45) is -5.34. The number of hydrogen-bond donors (Lipinski definition) is 0. The molecule has 3 aromatic rings. The minimum Gasteiger partial charge on any atom is -0.278 e. The Balaban J connectivity index is 1.46. The number of alkyl halides is 3. The van der Waals surface area contributed by atoms with Crippen molar-refractivity contribution in [2.24, 2.45) is 4.99 Å². The van der Waals surface area contributed by atoms with Crippen LogP contribution in [0.3, 0.4) is 0 Å². The molecule has 1 aromatic carbocycles. The monoisotopic (exact) mass is 513 g/mol. The van der Waals surface area contributed by atoms with Crippen molar-refractivity contribution in [1.29, 1.82) is 0 Å². The topological polar surface area (TPSA) is 100.0 Å². The summed E-state index contributed by atoms with van der Waals surface area (Å²) in [6.45, 7) is -0.0662.